The third kappa shape index (κ3) is 4.64. The number of rotatable bonds is 4. The zero-order valence-corrected chi connectivity index (χ0v) is 12.4. The smallest absolute Gasteiger partial charge is 0.274 e. The molecule has 0 aromatic heterocycles. The van der Waals surface area contributed by atoms with E-state index in [0.29, 0.717) is 11.8 Å². The van der Waals surface area contributed by atoms with Crippen molar-refractivity contribution in [1.82, 2.24) is 4.72 Å². The van der Waals surface area contributed by atoms with E-state index in [-0.39, 0.29) is 12.3 Å². The van der Waals surface area contributed by atoms with Gasteiger partial charge in [0.15, 0.2) is 0 Å². The van der Waals surface area contributed by atoms with Gasteiger partial charge in [0.05, 0.1) is 0 Å². The number of hydrogen-bond acceptors (Lipinski definition) is 3. The summed E-state index contributed by atoms with van der Waals surface area (Å²) >= 11 is 0. The fraction of sp³-hybridized carbons (Fsp3) is 0.917. The van der Waals surface area contributed by atoms with Crippen LogP contribution in [0.5, 0.6) is 0 Å². The van der Waals surface area contributed by atoms with Crippen LogP contribution in [0.25, 0.3) is 0 Å². The van der Waals surface area contributed by atoms with Gasteiger partial charge < -0.3 is 0 Å². The summed E-state index contributed by atoms with van der Waals surface area (Å²) in [5, 5.41) is 0. The molecule has 0 saturated heterocycles. The molecule has 0 bridgehead atoms. The molecule has 0 aliphatic heterocycles. The molecule has 1 fully saturated rings. The van der Waals surface area contributed by atoms with E-state index >= 15 is 0 Å². The summed E-state index contributed by atoms with van der Waals surface area (Å²) in [6.45, 7) is 4.24. The van der Waals surface area contributed by atoms with Gasteiger partial charge in [-0.05, 0) is 43.4 Å². The minimum atomic E-state index is -5.57. The quantitative estimate of drug-likeness (QED) is 0.867. The highest BCUT2D eigenvalue weighted by molar-refractivity contribution is 7.90. The predicted octanol–water partition coefficient (Wildman–Crippen LogP) is 2.80. The Labute approximate surface area is 117 Å². The molecule has 1 aliphatic carbocycles. The molecular formula is C12H20F3NO3S. The molecule has 0 radical (unpaired) electrons. The Hall–Kier alpha value is -0.790. The first-order chi connectivity index (χ1) is 9.03. The van der Waals surface area contributed by atoms with E-state index in [1.807, 2.05) is 0 Å². The van der Waals surface area contributed by atoms with Crippen molar-refractivity contribution in [1.29, 1.82) is 0 Å². The van der Waals surface area contributed by atoms with Crippen molar-refractivity contribution in [2.45, 2.75) is 51.5 Å². The van der Waals surface area contributed by atoms with E-state index in [1.54, 1.807) is 0 Å². The average molecular weight is 315 g/mol. The molecule has 0 heterocycles. The van der Waals surface area contributed by atoms with E-state index in [4.69, 9.17) is 0 Å². The van der Waals surface area contributed by atoms with E-state index in [0.717, 1.165) is 30.4 Å². The lowest BCUT2D eigenvalue weighted by Gasteiger charge is -2.30. The number of alkyl halides is 3. The highest BCUT2D eigenvalue weighted by Gasteiger charge is 2.47. The Balaban J connectivity index is 2.46. The van der Waals surface area contributed by atoms with Gasteiger partial charge in [0.25, 0.3) is 0 Å². The second-order valence-corrected chi connectivity index (χ2v) is 7.38. The van der Waals surface area contributed by atoms with Crippen molar-refractivity contribution in [3.63, 3.8) is 0 Å². The molecule has 1 aliphatic rings. The third-order valence-electron chi connectivity index (χ3n) is 3.86. The van der Waals surface area contributed by atoms with Gasteiger partial charge in [0.1, 0.15) is 0 Å². The molecule has 1 amide bonds. The Morgan fingerprint density at radius 2 is 1.70 bits per heavy atom. The number of amides is 1. The highest BCUT2D eigenvalue weighted by atomic mass is 32.2. The van der Waals surface area contributed by atoms with Gasteiger partial charge in [-0.15, -0.1) is 0 Å². The highest BCUT2D eigenvalue weighted by Crippen LogP contribution is 2.34. The van der Waals surface area contributed by atoms with E-state index < -0.39 is 21.4 Å². The maximum atomic E-state index is 12.1. The molecule has 1 N–H and O–H groups in total. The van der Waals surface area contributed by atoms with Gasteiger partial charge >= 0.3 is 15.5 Å². The molecular weight excluding hydrogens is 295 g/mol. The van der Waals surface area contributed by atoms with Crippen molar-refractivity contribution in [2.24, 2.45) is 17.8 Å². The lowest BCUT2D eigenvalue weighted by atomic mass is 9.76. The van der Waals surface area contributed by atoms with Gasteiger partial charge in [0.2, 0.25) is 5.91 Å². The Morgan fingerprint density at radius 1 is 1.20 bits per heavy atom. The zero-order valence-electron chi connectivity index (χ0n) is 11.5. The first-order valence-corrected chi connectivity index (χ1v) is 8.13. The van der Waals surface area contributed by atoms with Gasteiger partial charge in [0, 0.05) is 6.42 Å². The maximum absolute atomic E-state index is 12.1. The number of halogens is 3. The standard InChI is InChI=1S/C12H20F3NO3S/c1-8(2)10-5-3-9(4-6-10)7-11(17)16-20(18,19)12(13,14)15/h8-10H,3-7H2,1-2H3,(H,16,17). The second kappa shape index (κ2) is 6.32. The molecule has 1 saturated carbocycles. The predicted molar refractivity (Wildman–Crippen MR) is 68.0 cm³/mol. The van der Waals surface area contributed by atoms with Crippen LogP contribution in [0.2, 0.25) is 0 Å². The number of nitrogens with one attached hydrogen (secondary N) is 1. The molecule has 4 nitrogen and oxygen atoms in total. The molecule has 1 rings (SSSR count). The first kappa shape index (κ1) is 17.3. The maximum Gasteiger partial charge on any atom is 0.516 e. The van der Waals surface area contributed by atoms with E-state index in [9.17, 15) is 26.4 Å². The van der Waals surface area contributed by atoms with Crippen molar-refractivity contribution < 1.29 is 26.4 Å². The molecule has 0 atom stereocenters. The molecule has 118 valence electrons. The molecule has 0 aromatic carbocycles. The van der Waals surface area contributed by atoms with Gasteiger partial charge in [-0.2, -0.15) is 21.6 Å². The summed E-state index contributed by atoms with van der Waals surface area (Å²) in [6.07, 6.45) is 3.20. The summed E-state index contributed by atoms with van der Waals surface area (Å²) in [7, 11) is -5.57. The Bertz CT molecular complexity index is 437. The Kier molecular flexibility index (Phi) is 5.46. The van der Waals surface area contributed by atoms with E-state index in [1.165, 1.54) is 0 Å². The van der Waals surface area contributed by atoms with Crippen LogP contribution in [0.4, 0.5) is 13.2 Å². The number of hydrogen-bond donors (Lipinski definition) is 1. The van der Waals surface area contributed by atoms with Crippen molar-refractivity contribution in [2.75, 3.05) is 0 Å². The topological polar surface area (TPSA) is 63.2 Å². The average Bonchev–Trinajstić information content (AvgIpc) is 2.27. The monoisotopic (exact) mass is 315 g/mol. The summed E-state index contributed by atoms with van der Waals surface area (Å²) in [5.74, 6) is 0.0207. The Morgan fingerprint density at radius 3 is 2.10 bits per heavy atom. The minimum absolute atomic E-state index is 0.0339. The van der Waals surface area contributed by atoms with Gasteiger partial charge in [-0.3, -0.25) is 4.79 Å². The van der Waals surface area contributed by atoms with Crippen LogP contribution >= 0.6 is 0 Å². The van der Waals surface area contributed by atoms with Crippen LogP contribution in [0.3, 0.4) is 0 Å². The minimum Gasteiger partial charge on any atom is -0.274 e. The lowest BCUT2D eigenvalue weighted by molar-refractivity contribution is -0.121. The van der Waals surface area contributed by atoms with Crippen molar-refractivity contribution in [3.8, 4) is 0 Å². The summed E-state index contributed by atoms with van der Waals surface area (Å²) in [4.78, 5) is 11.4. The summed E-state index contributed by atoms with van der Waals surface area (Å²) in [6, 6.07) is 0. The molecule has 0 spiro atoms. The second-order valence-electron chi connectivity index (χ2n) is 5.70. The van der Waals surface area contributed by atoms with Gasteiger partial charge in [-0.1, -0.05) is 13.8 Å². The zero-order chi connectivity index (χ0) is 15.6. The molecule has 20 heavy (non-hydrogen) atoms. The van der Waals surface area contributed by atoms with Gasteiger partial charge in [-0.25, -0.2) is 4.72 Å². The van der Waals surface area contributed by atoms with Crippen LogP contribution in [-0.4, -0.2) is 19.8 Å². The van der Waals surface area contributed by atoms with Crippen molar-refractivity contribution in [3.05, 3.63) is 0 Å². The van der Waals surface area contributed by atoms with Crippen LogP contribution < -0.4 is 4.72 Å². The van der Waals surface area contributed by atoms with Crippen molar-refractivity contribution >= 4 is 15.9 Å². The first-order valence-electron chi connectivity index (χ1n) is 6.65. The van der Waals surface area contributed by atoms with Crippen LogP contribution in [0, 0.1) is 17.8 Å². The fourth-order valence-corrected chi connectivity index (χ4v) is 3.07. The lowest BCUT2D eigenvalue weighted by Crippen LogP contribution is -2.41. The largest absolute Gasteiger partial charge is 0.516 e. The molecule has 0 aromatic rings. The number of sulfonamides is 1. The molecule has 8 heteroatoms. The summed E-state index contributed by atoms with van der Waals surface area (Å²) < 4.78 is 59.0. The van der Waals surface area contributed by atoms with Crippen LogP contribution in [-0.2, 0) is 14.8 Å². The van der Waals surface area contributed by atoms with E-state index in [2.05, 4.69) is 13.8 Å². The SMILES string of the molecule is CC(C)C1CCC(CC(=O)NS(=O)(=O)C(F)(F)F)CC1. The third-order valence-corrected chi connectivity index (χ3v) is 4.97. The normalized spacial score (nSPS) is 24.7. The number of carbonyl (C=O) groups excluding carboxylic acids is 1. The summed E-state index contributed by atoms with van der Waals surface area (Å²) in [5.41, 5.74) is -5.45. The van der Waals surface area contributed by atoms with Crippen LogP contribution in [0.1, 0.15) is 46.0 Å². The van der Waals surface area contributed by atoms with Crippen LogP contribution in [0.15, 0.2) is 0 Å². The molecule has 0 unspecified atom stereocenters. The number of carbonyl (C=O) groups is 1. The fourth-order valence-electron chi connectivity index (χ4n) is 2.57.